The Bertz CT molecular complexity index is 3200. The number of aliphatic carboxylic acids is 1. The molecule has 4 fully saturated rings. The van der Waals surface area contributed by atoms with Crippen LogP contribution >= 0.6 is 0 Å². The number of alkyl halides is 3. The highest BCUT2D eigenvalue weighted by Gasteiger charge is 2.50. The fourth-order valence-electron chi connectivity index (χ4n) is 13.2. The second kappa shape index (κ2) is 39.4. The first-order valence-electron chi connectivity index (χ1n) is 34.1. The number of hydrogen-bond donors (Lipinski definition) is 10. The smallest absolute Gasteiger partial charge is 0.475 e. The molecule has 0 unspecified atom stereocenters. The maximum Gasteiger partial charge on any atom is 0.490 e. The molecule has 0 aliphatic carbocycles. The molecular formula is C69H96F3N13O14. The highest BCUT2D eigenvalue weighted by atomic mass is 19.4. The molecule has 99 heavy (non-hydrogen) atoms. The maximum atomic E-state index is 14.8. The molecule has 5 heterocycles. The molecule has 4 aromatic rings. The first-order valence-corrected chi connectivity index (χ1v) is 34.1. The lowest BCUT2D eigenvalue weighted by molar-refractivity contribution is -0.192. The summed E-state index contributed by atoms with van der Waals surface area (Å²) in [6, 6.07) is 22.0. The number of likely N-dealkylation sites (N-methyl/N-ethyl adjacent to an activating group) is 2. The molecule has 27 nitrogen and oxygen atoms in total. The third-order valence-electron chi connectivity index (χ3n) is 18.6. The standard InChI is InChI=1S/C67H95N13O12.C2HF3O2/c1-5-52(68-3)61(83)74-59-47(22-25-50-27-29-54(79(50)66(59)88)63(85)72-57(44-16-10-7-11-17-44)45-18-12-8-13-19-45)32-33-70-56(82)31-24-49-42-78(77-76-49)35-37-91-39-41-92-40-38-90-36-34-71-65(87)58(46-20-14-9-15-21-46)73-64(86)55-30-28-51-26-23-48(43-81)60(67(89)80(51)55)75-62(84)53(6-2)69-4;3-2(4,5)1(6)7/h7-21,42,47-48,50-55,57-60,68-69,81H,5-6,22-41,43H2,1-4H3,(H,70,82)(H,71,87)(H,72,85)(H,73,86)(H,74,83)(H,75,84);(H,6,7)/t47-,48-,50+,51+,52+,53+,54+,55+,58+,59+,60+;/m1./s1. The van der Waals surface area contributed by atoms with Crippen LogP contribution in [0.4, 0.5) is 13.2 Å². The van der Waals surface area contributed by atoms with E-state index >= 15 is 0 Å². The van der Waals surface area contributed by atoms with Crippen molar-refractivity contribution >= 4 is 53.2 Å². The van der Waals surface area contributed by atoms with Gasteiger partial charge in [-0.3, -0.25) is 38.4 Å². The van der Waals surface area contributed by atoms with Crippen LogP contribution in [0.3, 0.4) is 0 Å². The van der Waals surface area contributed by atoms with Gasteiger partial charge in [0.2, 0.25) is 47.3 Å². The molecule has 30 heteroatoms. The van der Waals surface area contributed by atoms with Crippen LogP contribution in [0.1, 0.15) is 125 Å². The molecule has 0 spiro atoms. The number of hydrogen-bond acceptors (Lipinski definition) is 17. The van der Waals surface area contributed by atoms with E-state index in [1.807, 2.05) is 80.6 Å². The lowest BCUT2D eigenvalue weighted by Gasteiger charge is -2.33. The molecule has 4 aliphatic heterocycles. The van der Waals surface area contributed by atoms with E-state index in [0.29, 0.717) is 128 Å². The van der Waals surface area contributed by atoms with Gasteiger partial charge in [0.1, 0.15) is 30.2 Å². The van der Waals surface area contributed by atoms with E-state index in [1.54, 1.807) is 59.0 Å². The number of benzene rings is 3. The molecule has 1 aromatic heterocycles. The van der Waals surface area contributed by atoms with Crippen molar-refractivity contribution < 1.29 is 80.7 Å². The lowest BCUT2D eigenvalue weighted by Crippen LogP contribution is -2.59. The largest absolute Gasteiger partial charge is 0.490 e. The van der Waals surface area contributed by atoms with Crippen molar-refractivity contribution in [2.24, 2.45) is 11.8 Å². The number of nitrogens with zero attached hydrogens (tertiary/aromatic N) is 5. The average molecular weight is 1390 g/mol. The van der Waals surface area contributed by atoms with Crippen LogP contribution in [0.15, 0.2) is 97.2 Å². The number of amides is 8. The predicted molar refractivity (Wildman–Crippen MR) is 355 cm³/mol. The van der Waals surface area contributed by atoms with Crippen LogP contribution in [0.2, 0.25) is 0 Å². The number of aryl methyl sites for hydroxylation is 1. The highest BCUT2D eigenvalue weighted by molar-refractivity contribution is 5.97. The van der Waals surface area contributed by atoms with Crippen molar-refractivity contribution in [3.8, 4) is 0 Å². The molecule has 0 radical (unpaired) electrons. The van der Waals surface area contributed by atoms with E-state index in [4.69, 9.17) is 24.1 Å². The Morgan fingerprint density at radius 2 is 1.06 bits per heavy atom. The minimum atomic E-state index is -5.08. The number of ether oxygens (including phenoxy) is 3. The third kappa shape index (κ3) is 22.5. The van der Waals surface area contributed by atoms with Crippen molar-refractivity contribution in [3.05, 3.63) is 120 Å². The van der Waals surface area contributed by atoms with Gasteiger partial charge in [-0.1, -0.05) is 110 Å². The average Bonchev–Trinajstić information content (AvgIpc) is 1.65. The van der Waals surface area contributed by atoms with E-state index in [1.165, 1.54) is 0 Å². The fraction of sp³-hybridized carbons (Fsp3) is 0.580. The highest BCUT2D eigenvalue weighted by Crippen LogP contribution is 2.37. The van der Waals surface area contributed by atoms with Gasteiger partial charge < -0.3 is 76.8 Å². The summed E-state index contributed by atoms with van der Waals surface area (Å²) in [5.41, 5.74) is 3.06. The number of carbonyl (C=O) groups is 9. The number of aliphatic hydroxyl groups is 1. The van der Waals surface area contributed by atoms with Gasteiger partial charge in [0.25, 0.3) is 0 Å². The molecule has 0 bridgehead atoms. The van der Waals surface area contributed by atoms with Crippen molar-refractivity contribution in [1.82, 2.24) is 67.3 Å². The van der Waals surface area contributed by atoms with Crippen molar-refractivity contribution in [3.63, 3.8) is 0 Å². The molecule has 10 N–H and O–H groups in total. The Hall–Kier alpha value is -8.42. The van der Waals surface area contributed by atoms with Gasteiger partial charge in [-0.05, 0) is 107 Å². The molecule has 3 aromatic carbocycles. The van der Waals surface area contributed by atoms with Crippen LogP contribution < -0.4 is 42.5 Å². The number of carbonyl (C=O) groups excluding carboxylic acids is 8. The van der Waals surface area contributed by atoms with Crippen molar-refractivity contribution in [2.75, 3.05) is 73.4 Å². The Kier molecular flexibility index (Phi) is 31.0. The molecule has 4 saturated heterocycles. The number of aliphatic hydroxyl groups excluding tert-OH is 1. The van der Waals surface area contributed by atoms with E-state index in [2.05, 4.69) is 52.8 Å². The summed E-state index contributed by atoms with van der Waals surface area (Å²) >= 11 is 0. The summed E-state index contributed by atoms with van der Waals surface area (Å²) in [7, 11) is 3.38. The van der Waals surface area contributed by atoms with Gasteiger partial charge >= 0.3 is 12.1 Å². The second-order valence-corrected chi connectivity index (χ2v) is 25.0. The molecule has 11 atom stereocenters. The SMILES string of the molecule is CC[C@H](NC)C(=O)N[C@@H]1C(=O)N2[C@@H](CC[C@@H]1CCNC(=O)CCc1cn(CCOCCOCCOCCNC(=O)[C@@H](NC(=O)[C@@H]3CC[C@@H]4CC[C@H](CO)[C@H](NC(=O)[C@H](CC)NC)C(=O)N43)c3ccccc3)nn1)CC[C@H]2C(=O)NC(c1ccccc1)c1ccccc1.O=C(O)C(F)(F)F. The third-order valence-corrected chi connectivity index (χ3v) is 18.6. The number of fused-ring (bicyclic) bond motifs is 2. The monoisotopic (exact) mass is 1390 g/mol. The summed E-state index contributed by atoms with van der Waals surface area (Å²) < 4.78 is 50.5. The van der Waals surface area contributed by atoms with E-state index in [9.17, 15) is 56.6 Å². The number of aromatic nitrogens is 3. The summed E-state index contributed by atoms with van der Waals surface area (Å²) in [6.45, 7) is 6.09. The zero-order chi connectivity index (χ0) is 71.4. The maximum absolute atomic E-state index is 14.8. The van der Waals surface area contributed by atoms with Crippen molar-refractivity contribution in [2.45, 2.75) is 170 Å². The van der Waals surface area contributed by atoms with Crippen LogP contribution in [-0.2, 0) is 70.3 Å². The van der Waals surface area contributed by atoms with Crippen LogP contribution in [0, 0.1) is 11.8 Å². The zero-order valence-electron chi connectivity index (χ0n) is 56.6. The van der Waals surface area contributed by atoms with E-state index in [-0.39, 0.29) is 80.3 Å². The van der Waals surface area contributed by atoms with Gasteiger partial charge in [-0.25, -0.2) is 9.48 Å². The van der Waals surface area contributed by atoms with Gasteiger partial charge in [-0.2, -0.15) is 13.2 Å². The molecule has 8 rings (SSSR count). The minimum absolute atomic E-state index is 0.160. The fourth-order valence-corrected chi connectivity index (χ4v) is 13.2. The summed E-state index contributed by atoms with van der Waals surface area (Å²) in [4.78, 5) is 123. The van der Waals surface area contributed by atoms with Gasteiger partial charge in [0.05, 0.1) is 70.0 Å². The van der Waals surface area contributed by atoms with Crippen LogP contribution in [0.25, 0.3) is 0 Å². The molecule has 542 valence electrons. The number of halogens is 3. The lowest BCUT2D eigenvalue weighted by atomic mass is 9.90. The van der Waals surface area contributed by atoms with Gasteiger partial charge in [0.15, 0.2) is 0 Å². The summed E-state index contributed by atoms with van der Waals surface area (Å²) in [6.07, 6.45) is 3.22. The Labute approximate surface area is 574 Å². The number of nitrogens with one attached hydrogen (secondary N) is 8. The topological polar surface area (TPSA) is 355 Å². The predicted octanol–water partition coefficient (Wildman–Crippen LogP) is 2.78. The molecular weight excluding hydrogens is 1290 g/mol. The number of rotatable bonds is 35. The number of carboxylic acids is 1. The van der Waals surface area contributed by atoms with E-state index < -0.39 is 84.1 Å². The zero-order valence-corrected chi connectivity index (χ0v) is 56.6. The second-order valence-electron chi connectivity index (χ2n) is 25.0. The Morgan fingerprint density at radius 3 is 1.56 bits per heavy atom. The molecule has 8 amide bonds. The summed E-state index contributed by atoms with van der Waals surface area (Å²) in [5, 5.41) is 49.8. The van der Waals surface area contributed by atoms with E-state index in [0.717, 1.165) is 11.1 Å². The molecule has 4 aliphatic rings. The first kappa shape index (κ1) is 77.9. The number of carboxylic acid groups (broad SMARTS) is 1. The van der Waals surface area contributed by atoms with Crippen LogP contribution in [-0.4, -0.2) is 216 Å². The Balaban J connectivity index is 0.00000186. The van der Waals surface area contributed by atoms with Crippen LogP contribution in [0.5, 0.6) is 0 Å². The quantitative estimate of drug-likeness (QED) is 0.0296. The normalized spacial score (nSPS) is 21.5. The molecule has 0 saturated carbocycles. The first-order chi connectivity index (χ1) is 47.7. The summed E-state index contributed by atoms with van der Waals surface area (Å²) in [5.74, 6) is -6.21. The minimum Gasteiger partial charge on any atom is -0.475 e. The van der Waals surface area contributed by atoms with Gasteiger partial charge in [0, 0.05) is 56.7 Å². The van der Waals surface area contributed by atoms with Gasteiger partial charge in [-0.15, -0.1) is 5.10 Å². The van der Waals surface area contributed by atoms with Crippen molar-refractivity contribution in [1.29, 1.82) is 0 Å². The Morgan fingerprint density at radius 1 is 0.596 bits per heavy atom.